The number of ether oxygens (including phenoxy) is 1. The lowest BCUT2D eigenvalue weighted by atomic mass is 9.95. The Morgan fingerprint density at radius 1 is 0.931 bits per heavy atom. The van der Waals surface area contributed by atoms with Crippen molar-refractivity contribution in [3.8, 4) is 22.7 Å². The smallest absolute Gasteiger partial charge is 0.410 e. The zero-order chi connectivity index (χ0) is 42.1. The molecule has 1 amide bonds. The highest BCUT2D eigenvalue weighted by atomic mass is 32.2. The van der Waals surface area contributed by atoms with Gasteiger partial charge in [0.1, 0.15) is 36.5 Å². The molecule has 4 aromatic rings. The predicted octanol–water partition coefficient (Wildman–Crippen LogP) is 10.2. The van der Waals surface area contributed by atoms with Crippen LogP contribution >= 0.6 is 0 Å². The third-order valence-corrected chi connectivity index (χ3v) is 20.6. The van der Waals surface area contributed by atoms with Gasteiger partial charge in [-0.3, -0.25) is 4.90 Å². The van der Waals surface area contributed by atoms with Crippen LogP contribution in [0.25, 0.3) is 32.9 Å². The summed E-state index contributed by atoms with van der Waals surface area (Å²) in [6.07, 6.45) is 3.82. The molecule has 2 bridgehead atoms. The quantitative estimate of drug-likeness (QED) is 0.107. The summed E-state index contributed by atoms with van der Waals surface area (Å²) in [6.45, 7) is 20.7. The molecule has 13 heteroatoms. The number of pyridine rings is 1. The summed E-state index contributed by atoms with van der Waals surface area (Å²) in [5.74, 6) is 2.08. The summed E-state index contributed by atoms with van der Waals surface area (Å²) in [4.78, 5) is 31.9. The average molecular weight is 830 g/mol. The Labute approximate surface area is 343 Å². The molecule has 0 radical (unpaired) electrons. The van der Waals surface area contributed by atoms with Crippen molar-refractivity contribution in [1.82, 2.24) is 19.9 Å². The molecule has 9 nitrogen and oxygen atoms in total. The molecule has 3 atom stereocenters. The van der Waals surface area contributed by atoms with E-state index < -0.39 is 40.3 Å². The first-order chi connectivity index (χ1) is 27.3. The molecule has 0 saturated carbocycles. The highest BCUT2D eigenvalue weighted by molar-refractivity contribution is 7.91. The molecule has 0 unspecified atom stereocenters. The van der Waals surface area contributed by atoms with E-state index in [0.29, 0.717) is 75.7 Å². The van der Waals surface area contributed by atoms with E-state index in [1.165, 1.54) is 13.0 Å². The molecule has 2 aromatic heterocycles. The fraction of sp³-hybridized carbons (Fsp3) is 0.556. The summed E-state index contributed by atoms with van der Waals surface area (Å²) < 4.78 is 67.0. The maximum absolute atomic E-state index is 17.7. The van der Waals surface area contributed by atoms with Crippen LogP contribution in [0.1, 0.15) is 113 Å². The number of nitrogens with zero attached hydrogens (tertiary/aromatic N) is 5. The van der Waals surface area contributed by atoms with Crippen molar-refractivity contribution in [2.45, 2.75) is 153 Å². The minimum absolute atomic E-state index is 0.0306. The van der Waals surface area contributed by atoms with Crippen molar-refractivity contribution in [3.63, 3.8) is 0 Å². The Bertz CT molecular complexity index is 2440. The van der Waals surface area contributed by atoms with E-state index in [1.54, 1.807) is 18.2 Å². The topological polar surface area (TPSA) is 106 Å². The average Bonchev–Trinajstić information content (AvgIpc) is 3.51. The van der Waals surface area contributed by atoms with Crippen molar-refractivity contribution < 1.29 is 26.7 Å². The molecule has 2 saturated heterocycles. The summed E-state index contributed by atoms with van der Waals surface area (Å²) in [7, 11) is -6.29. The van der Waals surface area contributed by atoms with E-state index in [9.17, 15) is 13.2 Å². The van der Waals surface area contributed by atoms with Gasteiger partial charge in [-0.25, -0.2) is 36.9 Å². The summed E-state index contributed by atoms with van der Waals surface area (Å²) in [5.41, 5.74) is 4.91. The maximum atomic E-state index is 17.7. The summed E-state index contributed by atoms with van der Waals surface area (Å²) in [6, 6.07) is 7.87. The molecule has 0 aliphatic carbocycles. The molecular formula is C45H57F2N5O4SSi. The molecule has 3 aliphatic heterocycles. The Kier molecular flexibility index (Phi) is 11.2. The number of sulfone groups is 1. The number of halogens is 2. The number of carbonyl (C=O) groups excluding carboxylic acids is 1. The Balaban J connectivity index is 1.48. The number of hydrogen-bond acceptors (Lipinski definition) is 8. The second kappa shape index (κ2) is 15.5. The number of aromatic nitrogens is 3. The fourth-order valence-corrected chi connectivity index (χ4v) is 16.1. The van der Waals surface area contributed by atoms with Gasteiger partial charge in [-0.1, -0.05) is 85.1 Å². The van der Waals surface area contributed by atoms with Crippen molar-refractivity contribution in [2.75, 3.05) is 17.2 Å². The highest BCUT2D eigenvalue weighted by Crippen LogP contribution is 2.45. The number of piperazine rings is 1. The molecule has 2 fully saturated rings. The van der Waals surface area contributed by atoms with Crippen molar-refractivity contribution in [3.05, 3.63) is 53.2 Å². The normalized spacial score (nSPS) is 19.9. The molecular weight excluding hydrogens is 773 g/mol. The summed E-state index contributed by atoms with van der Waals surface area (Å²) >= 11 is 0. The van der Waals surface area contributed by atoms with Gasteiger partial charge >= 0.3 is 6.09 Å². The van der Waals surface area contributed by atoms with Crippen molar-refractivity contribution in [2.24, 2.45) is 0 Å². The minimum atomic E-state index is -4.00. The molecule has 3 aliphatic rings. The lowest BCUT2D eigenvalue weighted by Crippen LogP contribution is -2.62. The highest BCUT2D eigenvalue weighted by Gasteiger charge is 2.50. The van der Waals surface area contributed by atoms with E-state index in [1.807, 2.05) is 31.7 Å². The van der Waals surface area contributed by atoms with Gasteiger partial charge < -0.3 is 9.64 Å². The van der Waals surface area contributed by atoms with E-state index in [4.69, 9.17) is 14.7 Å². The van der Waals surface area contributed by atoms with E-state index in [-0.39, 0.29) is 46.7 Å². The van der Waals surface area contributed by atoms with E-state index >= 15 is 8.78 Å². The zero-order valence-corrected chi connectivity index (χ0v) is 37.4. The van der Waals surface area contributed by atoms with Gasteiger partial charge in [0, 0.05) is 17.5 Å². The largest absolute Gasteiger partial charge is 0.444 e. The first kappa shape index (κ1) is 42.0. The summed E-state index contributed by atoms with van der Waals surface area (Å²) in [5, 5.41) is 1.07. The second-order valence-electron chi connectivity index (χ2n) is 18.3. The van der Waals surface area contributed by atoms with Crippen molar-refractivity contribution in [1.29, 1.82) is 0 Å². The van der Waals surface area contributed by atoms with Crippen LogP contribution in [-0.4, -0.2) is 78.5 Å². The first-order valence-corrected chi connectivity index (χ1v) is 24.8. The van der Waals surface area contributed by atoms with Gasteiger partial charge in [-0.2, -0.15) is 0 Å². The molecule has 7 rings (SSSR count). The second-order valence-corrected chi connectivity index (χ2v) is 26.1. The maximum Gasteiger partial charge on any atom is 0.410 e. The van der Waals surface area contributed by atoms with Crippen LogP contribution in [0.4, 0.5) is 19.4 Å². The van der Waals surface area contributed by atoms with E-state index in [0.717, 1.165) is 19.3 Å². The number of benzene rings is 2. The molecule has 58 heavy (non-hydrogen) atoms. The van der Waals surface area contributed by atoms with Crippen molar-refractivity contribution >= 4 is 51.5 Å². The number of rotatable bonds is 6. The SMILES string of the molecule is CCS(=O)(=O)c1nc2c3c(nc(-c4cccc5ccc(F)c(C#C[Si](C(C)C)(C(C)C)C(C)C)c45)c(F)c3n1)CCCC[C@@H]1[C@@H]3CC[C@H](CN21)N3C(=O)OC(C)(C)C. The van der Waals surface area contributed by atoms with Gasteiger partial charge in [0.05, 0.1) is 40.5 Å². The number of amides is 1. The number of fused-ring (bicyclic) bond motifs is 6. The van der Waals surface area contributed by atoms with Gasteiger partial charge in [0.15, 0.2) is 5.82 Å². The molecule has 2 aromatic carbocycles. The van der Waals surface area contributed by atoms with E-state index in [2.05, 4.69) is 62.9 Å². The third-order valence-electron chi connectivity index (χ3n) is 12.8. The number of hydrogen-bond donors (Lipinski definition) is 0. The monoisotopic (exact) mass is 829 g/mol. The van der Waals surface area contributed by atoms with Crippen LogP contribution < -0.4 is 4.90 Å². The van der Waals surface area contributed by atoms with Gasteiger partial charge in [-0.05, 0) is 81.0 Å². The molecule has 5 heterocycles. The van der Waals surface area contributed by atoms with Crippen LogP contribution in [0.3, 0.4) is 0 Å². The van der Waals surface area contributed by atoms with Crippen LogP contribution in [-0.2, 0) is 21.0 Å². The standard InChI is InChI=1S/C45H57F2N5O4SSi/c1-11-57(54,55)43-49-41-38-34(17-12-13-18-35-36-22-20-30(25-51(35)42(38)50-43)52(36)44(53)56-45(8,9)10)48-40(39(41)47)32-16-14-15-29-19-21-33(46)31(37(29)32)23-24-58(26(2)3,27(4)5)28(6)7/h14-16,19,21,26-28,30,35-36H,11-13,17-18,20,22,25H2,1-10H3/t30-,35-,36+/m1/s1. The number of carbonyl (C=O) groups is 1. The molecule has 310 valence electrons. The Morgan fingerprint density at radius 2 is 1.64 bits per heavy atom. The van der Waals surface area contributed by atoms with Gasteiger partial charge in [0.25, 0.3) is 0 Å². The third kappa shape index (κ3) is 7.16. The Hall–Kier alpha value is -4.15. The van der Waals surface area contributed by atoms with Gasteiger partial charge in [-0.15, -0.1) is 5.54 Å². The minimum Gasteiger partial charge on any atom is -0.444 e. The van der Waals surface area contributed by atoms with Crippen LogP contribution in [0.15, 0.2) is 35.5 Å². The molecule has 0 N–H and O–H groups in total. The first-order valence-electron chi connectivity index (χ1n) is 21.0. The van der Waals surface area contributed by atoms with Crippen LogP contribution in [0.2, 0.25) is 16.6 Å². The fourth-order valence-electron chi connectivity index (χ4n) is 10.2. The van der Waals surface area contributed by atoms with Crippen LogP contribution in [0.5, 0.6) is 0 Å². The predicted molar refractivity (Wildman–Crippen MR) is 229 cm³/mol. The number of anilines is 1. The zero-order valence-electron chi connectivity index (χ0n) is 35.5. The molecule has 0 spiro atoms. The van der Waals surface area contributed by atoms with Crippen LogP contribution in [0, 0.1) is 23.1 Å². The Morgan fingerprint density at radius 3 is 2.29 bits per heavy atom. The lowest BCUT2D eigenvalue weighted by Gasteiger charge is -2.47. The lowest BCUT2D eigenvalue weighted by molar-refractivity contribution is 0.00704. The van der Waals surface area contributed by atoms with Gasteiger partial charge in [0.2, 0.25) is 15.0 Å². The number of aryl methyl sites for hydroxylation is 1.